The summed E-state index contributed by atoms with van der Waals surface area (Å²) in [6, 6.07) is 1.95. The van der Waals surface area contributed by atoms with Crippen molar-refractivity contribution in [1.82, 2.24) is 9.78 Å². The Morgan fingerprint density at radius 3 is 2.86 bits per heavy atom. The number of methoxy groups -OCH3 is 1. The molecule has 1 aliphatic carbocycles. The average Bonchev–Trinajstić information content (AvgIpc) is 2.89. The number of hydrogen-bond donors (Lipinski definition) is 0. The Bertz CT molecular complexity index is 353. The number of nitrogens with zero attached hydrogens (tertiary/aromatic N) is 2. The lowest BCUT2D eigenvalue weighted by Crippen LogP contribution is -2.29. The topological polar surface area (TPSA) is 44.1 Å². The highest BCUT2D eigenvalue weighted by Gasteiger charge is 2.53. The Balaban J connectivity index is 2.26. The molecule has 2 rings (SSSR count). The summed E-state index contributed by atoms with van der Waals surface area (Å²) in [5.74, 6) is -0.178. The number of rotatable bonds is 3. The molecular formula is C10H14N2O2. The van der Waals surface area contributed by atoms with Crippen molar-refractivity contribution in [1.29, 1.82) is 0 Å². The highest BCUT2D eigenvalue weighted by atomic mass is 16.5. The fraction of sp³-hybridized carbons (Fsp3) is 0.600. The molecule has 0 N–H and O–H groups in total. The zero-order chi connectivity index (χ0) is 10.2. The molecule has 0 bridgehead atoms. The fourth-order valence-electron chi connectivity index (χ4n) is 1.62. The predicted octanol–water partition coefficient (Wildman–Crippen LogP) is 1.11. The molecular weight excluding hydrogens is 180 g/mol. The first-order chi connectivity index (χ1) is 6.73. The molecule has 4 heteroatoms. The van der Waals surface area contributed by atoms with E-state index in [9.17, 15) is 4.79 Å². The smallest absolute Gasteiger partial charge is 0.333 e. The third-order valence-electron chi connectivity index (χ3n) is 2.73. The summed E-state index contributed by atoms with van der Waals surface area (Å²) in [6.45, 7) is 2.05. The fourth-order valence-corrected chi connectivity index (χ4v) is 1.62. The van der Waals surface area contributed by atoms with E-state index in [0.29, 0.717) is 0 Å². The summed E-state index contributed by atoms with van der Waals surface area (Å²) < 4.78 is 6.52. The maximum Gasteiger partial charge on any atom is 0.333 e. The number of carbonyl (C=O) groups excluding carboxylic acids is 1. The van der Waals surface area contributed by atoms with E-state index >= 15 is 0 Å². The standard InChI is InChI=1S/C10H14N2O2/c1-3-8-4-7-12(11-8)10(5-6-10)9(13)14-2/h4,7H,3,5-6H2,1-2H3. The molecule has 0 aromatic carbocycles. The first-order valence-corrected chi connectivity index (χ1v) is 4.86. The summed E-state index contributed by atoms with van der Waals surface area (Å²) in [5.41, 5.74) is 0.530. The van der Waals surface area contributed by atoms with Gasteiger partial charge in [0.15, 0.2) is 5.54 Å². The van der Waals surface area contributed by atoms with Gasteiger partial charge in [-0.05, 0) is 25.3 Å². The van der Waals surface area contributed by atoms with Crippen LogP contribution in [0.3, 0.4) is 0 Å². The zero-order valence-corrected chi connectivity index (χ0v) is 8.49. The van der Waals surface area contributed by atoms with Crippen LogP contribution < -0.4 is 0 Å². The SMILES string of the molecule is CCc1ccn(C2(C(=O)OC)CC2)n1. The first kappa shape index (κ1) is 9.24. The predicted molar refractivity (Wildman–Crippen MR) is 50.8 cm³/mol. The molecule has 1 heterocycles. The van der Waals surface area contributed by atoms with Gasteiger partial charge in [-0.2, -0.15) is 5.10 Å². The maximum absolute atomic E-state index is 11.5. The minimum absolute atomic E-state index is 0.178. The number of esters is 1. The number of aryl methyl sites for hydroxylation is 1. The van der Waals surface area contributed by atoms with Gasteiger partial charge in [0.05, 0.1) is 12.8 Å². The Labute approximate surface area is 82.9 Å². The van der Waals surface area contributed by atoms with Crippen LogP contribution in [0.5, 0.6) is 0 Å². The molecule has 0 unspecified atom stereocenters. The molecule has 0 amide bonds. The first-order valence-electron chi connectivity index (χ1n) is 4.86. The van der Waals surface area contributed by atoms with Crippen LogP contribution in [0.4, 0.5) is 0 Å². The highest BCUT2D eigenvalue weighted by Crippen LogP contribution is 2.44. The highest BCUT2D eigenvalue weighted by molar-refractivity contribution is 5.81. The van der Waals surface area contributed by atoms with Crippen LogP contribution in [0, 0.1) is 0 Å². The largest absolute Gasteiger partial charge is 0.467 e. The molecule has 14 heavy (non-hydrogen) atoms. The molecule has 0 saturated heterocycles. The van der Waals surface area contributed by atoms with Crippen LogP contribution in [0.1, 0.15) is 25.5 Å². The van der Waals surface area contributed by atoms with Crippen LogP contribution >= 0.6 is 0 Å². The van der Waals surface area contributed by atoms with Gasteiger partial charge in [-0.15, -0.1) is 0 Å². The number of carbonyl (C=O) groups is 1. The van der Waals surface area contributed by atoms with E-state index in [0.717, 1.165) is 25.0 Å². The second kappa shape index (κ2) is 3.12. The van der Waals surface area contributed by atoms with E-state index in [4.69, 9.17) is 4.74 Å². The van der Waals surface area contributed by atoms with Gasteiger partial charge in [0.25, 0.3) is 0 Å². The lowest BCUT2D eigenvalue weighted by Gasteiger charge is -2.12. The van der Waals surface area contributed by atoms with E-state index in [1.54, 1.807) is 4.68 Å². The van der Waals surface area contributed by atoms with Crippen LogP contribution in [-0.2, 0) is 21.5 Å². The van der Waals surface area contributed by atoms with Crippen molar-refractivity contribution >= 4 is 5.97 Å². The Morgan fingerprint density at radius 1 is 1.71 bits per heavy atom. The monoisotopic (exact) mass is 194 g/mol. The van der Waals surface area contributed by atoms with Gasteiger partial charge in [0.2, 0.25) is 0 Å². The Kier molecular flexibility index (Phi) is 2.06. The quantitative estimate of drug-likeness (QED) is 0.677. The summed E-state index contributed by atoms with van der Waals surface area (Å²) in [7, 11) is 1.42. The lowest BCUT2D eigenvalue weighted by atomic mass is 10.3. The molecule has 1 fully saturated rings. The molecule has 0 radical (unpaired) electrons. The molecule has 0 atom stereocenters. The van der Waals surface area contributed by atoms with E-state index in [2.05, 4.69) is 5.10 Å². The van der Waals surface area contributed by atoms with Gasteiger partial charge in [0.1, 0.15) is 0 Å². The Hall–Kier alpha value is -1.32. The van der Waals surface area contributed by atoms with E-state index in [1.807, 2.05) is 19.2 Å². The van der Waals surface area contributed by atoms with Crippen LogP contribution in [0.25, 0.3) is 0 Å². The maximum atomic E-state index is 11.5. The van der Waals surface area contributed by atoms with Crippen molar-refractivity contribution in [2.24, 2.45) is 0 Å². The molecule has 0 aliphatic heterocycles. The summed E-state index contributed by atoms with van der Waals surface area (Å²) in [6.07, 6.45) is 4.43. The van der Waals surface area contributed by atoms with E-state index < -0.39 is 5.54 Å². The van der Waals surface area contributed by atoms with E-state index in [-0.39, 0.29) is 5.97 Å². The number of ether oxygens (including phenoxy) is 1. The zero-order valence-electron chi connectivity index (χ0n) is 8.49. The Morgan fingerprint density at radius 2 is 2.43 bits per heavy atom. The van der Waals surface area contributed by atoms with Crippen molar-refractivity contribution in [2.45, 2.75) is 31.7 Å². The molecule has 1 aromatic heterocycles. The van der Waals surface area contributed by atoms with Crippen molar-refractivity contribution in [3.05, 3.63) is 18.0 Å². The summed E-state index contributed by atoms with van der Waals surface area (Å²) in [4.78, 5) is 11.5. The second-order valence-corrected chi connectivity index (χ2v) is 3.63. The van der Waals surface area contributed by atoms with Gasteiger partial charge >= 0.3 is 5.97 Å². The lowest BCUT2D eigenvalue weighted by molar-refractivity contribution is -0.146. The third-order valence-corrected chi connectivity index (χ3v) is 2.73. The van der Waals surface area contributed by atoms with Crippen LogP contribution in [-0.4, -0.2) is 22.9 Å². The minimum atomic E-state index is -0.484. The van der Waals surface area contributed by atoms with Crippen LogP contribution in [0.2, 0.25) is 0 Å². The van der Waals surface area contributed by atoms with Gasteiger partial charge in [-0.1, -0.05) is 6.92 Å². The van der Waals surface area contributed by atoms with Crippen molar-refractivity contribution in [3.8, 4) is 0 Å². The van der Waals surface area contributed by atoms with Gasteiger partial charge in [-0.3, -0.25) is 4.68 Å². The van der Waals surface area contributed by atoms with Crippen molar-refractivity contribution in [3.63, 3.8) is 0 Å². The minimum Gasteiger partial charge on any atom is -0.467 e. The molecule has 0 spiro atoms. The average molecular weight is 194 g/mol. The molecule has 1 saturated carbocycles. The van der Waals surface area contributed by atoms with Gasteiger partial charge in [0, 0.05) is 6.20 Å². The molecule has 4 nitrogen and oxygen atoms in total. The molecule has 76 valence electrons. The summed E-state index contributed by atoms with van der Waals surface area (Å²) >= 11 is 0. The van der Waals surface area contributed by atoms with E-state index in [1.165, 1.54) is 7.11 Å². The second-order valence-electron chi connectivity index (χ2n) is 3.63. The van der Waals surface area contributed by atoms with Crippen LogP contribution in [0.15, 0.2) is 12.3 Å². The third kappa shape index (κ3) is 1.22. The van der Waals surface area contributed by atoms with Gasteiger partial charge < -0.3 is 4.74 Å². The summed E-state index contributed by atoms with van der Waals surface area (Å²) in [5, 5.41) is 4.35. The van der Waals surface area contributed by atoms with Crippen molar-refractivity contribution in [2.75, 3.05) is 7.11 Å². The molecule has 1 aliphatic rings. The molecule has 1 aromatic rings. The number of hydrogen-bond acceptors (Lipinski definition) is 3. The number of aromatic nitrogens is 2. The van der Waals surface area contributed by atoms with Gasteiger partial charge in [-0.25, -0.2) is 4.79 Å². The normalized spacial score (nSPS) is 17.9. The van der Waals surface area contributed by atoms with Crippen molar-refractivity contribution < 1.29 is 9.53 Å².